The molecule has 0 saturated carbocycles. The SMILES string of the molecule is COC1CCN(c2ncc(NC(=O)Nc3c[nH]c4ccccc34)cc2C)CC1. The van der Waals surface area contributed by atoms with Crippen molar-refractivity contribution in [2.75, 3.05) is 35.7 Å². The Hall–Kier alpha value is -3.06. The van der Waals surface area contributed by atoms with Gasteiger partial charge in [0.2, 0.25) is 0 Å². The maximum Gasteiger partial charge on any atom is 0.323 e. The molecule has 0 aliphatic carbocycles. The molecular weight excluding hydrogens is 354 g/mol. The number of H-pyrrole nitrogens is 1. The molecule has 4 rings (SSSR count). The number of amides is 2. The molecule has 146 valence electrons. The summed E-state index contributed by atoms with van der Waals surface area (Å²) < 4.78 is 5.43. The number of hydrogen-bond acceptors (Lipinski definition) is 4. The highest BCUT2D eigenvalue weighted by molar-refractivity contribution is 6.05. The molecule has 28 heavy (non-hydrogen) atoms. The number of aromatic amines is 1. The van der Waals surface area contributed by atoms with Gasteiger partial charge < -0.3 is 25.3 Å². The van der Waals surface area contributed by atoms with E-state index in [0.29, 0.717) is 11.8 Å². The predicted molar refractivity (Wildman–Crippen MR) is 112 cm³/mol. The van der Waals surface area contributed by atoms with Crippen LogP contribution in [0.15, 0.2) is 42.7 Å². The molecule has 1 aromatic carbocycles. The molecule has 1 aliphatic heterocycles. The van der Waals surface area contributed by atoms with Gasteiger partial charge in [0.15, 0.2) is 0 Å². The summed E-state index contributed by atoms with van der Waals surface area (Å²) in [5.74, 6) is 0.970. The standard InChI is InChI=1S/C21H25N5O2/c1-14-11-15(12-23-20(14)26-9-7-16(28-2)8-10-26)24-21(27)25-19-13-22-18-6-4-3-5-17(18)19/h3-6,11-13,16,22H,7-10H2,1-2H3,(H2,24,25,27). The van der Waals surface area contributed by atoms with E-state index in [0.717, 1.165) is 53.9 Å². The average Bonchev–Trinajstić information content (AvgIpc) is 3.11. The van der Waals surface area contributed by atoms with E-state index in [-0.39, 0.29) is 6.03 Å². The summed E-state index contributed by atoms with van der Waals surface area (Å²) in [5.41, 5.74) is 3.44. The number of aromatic nitrogens is 2. The normalized spacial score (nSPS) is 15.0. The van der Waals surface area contributed by atoms with Crippen LogP contribution in [-0.2, 0) is 4.74 Å². The molecule has 3 N–H and O–H groups in total. The number of nitrogens with zero attached hydrogens (tertiary/aromatic N) is 2. The highest BCUT2D eigenvalue weighted by Gasteiger charge is 2.21. The van der Waals surface area contributed by atoms with E-state index in [4.69, 9.17) is 4.74 Å². The van der Waals surface area contributed by atoms with Crippen molar-refractivity contribution in [1.29, 1.82) is 0 Å². The number of fused-ring (bicyclic) bond motifs is 1. The monoisotopic (exact) mass is 379 g/mol. The van der Waals surface area contributed by atoms with Crippen molar-refractivity contribution in [2.24, 2.45) is 0 Å². The van der Waals surface area contributed by atoms with Crippen molar-refractivity contribution >= 4 is 34.1 Å². The molecule has 2 aromatic heterocycles. The third-order valence-electron chi connectivity index (χ3n) is 5.22. The molecule has 0 unspecified atom stereocenters. The molecule has 2 amide bonds. The Bertz CT molecular complexity index is 976. The Morgan fingerprint density at radius 3 is 2.79 bits per heavy atom. The average molecular weight is 379 g/mol. The first-order valence-electron chi connectivity index (χ1n) is 9.52. The van der Waals surface area contributed by atoms with E-state index < -0.39 is 0 Å². The number of piperidine rings is 1. The Balaban J connectivity index is 1.41. The van der Waals surface area contributed by atoms with Crippen LogP contribution in [0.2, 0.25) is 0 Å². The molecule has 0 radical (unpaired) electrons. The lowest BCUT2D eigenvalue weighted by atomic mass is 10.1. The van der Waals surface area contributed by atoms with Gasteiger partial charge in [0.05, 0.1) is 23.7 Å². The minimum atomic E-state index is -0.292. The molecule has 3 aromatic rings. The van der Waals surface area contributed by atoms with Crippen molar-refractivity contribution in [1.82, 2.24) is 9.97 Å². The van der Waals surface area contributed by atoms with E-state index in [9.17, 15) is 4.79 Å². The first kappa shape index (κ1) is 18.3. The van der Waals surface area contributed by atoms with Crippen LogP contribution in [0, 0.1) is 6.92 Å². The Morgan fingerprint density at radius 2 is 2.04 bits per heavy atom. The van der Waals surface area contributed by atoms with Crippen molar-refractivity contribution < 1.29 is 9.53 Å². The van der Waals surface area contributed by atoms with Crippen LogP contribution >= 0.6 is 0 Å². The molecule has 0 spiro atoms. The number of ether oxygens (including phenoxy) is 1. The van der Waals surface area contributed by atoms with Crippen LogP contribution in [0.3, 0.4) is 0 Å². The summed E-state index contributed by atoms with van der Waals surface area (Å²) in [6.45, 7) is 3.88. The van der Waals surface area contributed by atoms with E-state index in [1.54, 1.807) is 19.5 Å². The number of nitrogens with one attached hydrogen (secondary N) is 3. The van der Waals surface area contributed by atoms with Crippen LogP contribution in [-0.4, -0.2) is 42.3 Å². The maximum absolute atomic E-state index is 12.4. The second-order valence-corrected chi connectivity index (χ2v) is 7.11. The smallest absolute Gasteiger partial charge is 0.323 e. The molecular formula is C21H25N5O2. The summed E-state index contributed by atoms with van der Waals surface area (Å²) in [5, 5.41) is 6.73. The minimum absolute atomic E-state index is 0.292. The second kappa shape index (κ2) is 7.90. The van der Waals surface area contributed by atoms with E-state index in [2.05, 4.69) is 25.5 Å². The van der Waals surface area contributed by atoms with E-state index in [1.165, 1.54) is 0 Å². The van der Waals surface area contributed by atoms with E-state index >= 15 is 0 Å². The van der Waals surface area contributed by atoms with Crippen molar-refractivity contribution in [2.45, 2.75) is 25.9 Å². The zero-order valence-electron chi connectivity index (χ0n) is 16.2. The lowest BCUT2D eigenvalue weighted by Gasteiger charge is -2.33. The highest BCUT2D eigenvalue weighted by Crippen LogP contribution is 2.25. The summed E-state index contributed by atoms with van der Waals surface area (Å²) >= 11 is 0. The molecule has 0 bridgehead atoms. The van der Waals surface area contributed by atoms with Crippen molar-refractivity contribution in [3.05, 3.63) is 48.3 Å². The van der Waals surface area contributed by atoms with Gasteiger partial charge in [-0.15, -0.1) is 0 Å². The minimum Gasteiger partial charge on any atom is -0.381 e. The number of carbonyl (C=O) groups excluding carboxylic acids is 1. The summed E-state index contributed by atoms with van der Waals surface area (Å²) in [6, 6.07) is 9.50. The Morgan fingerprint density at radius 1 is 1.25 bits per heavy atom. The third-order valence-corrected chi connectivity index (χ3v) is 5.22. The van der Waals surface area contributed by atoms with Gasteiger partial charge in [-0.05, 0) is 37.5 Å². The number of hydrogen-bond donors (Lipinski definition) is 3. The van der Waals surface area contributed by atoms with E-state index in [1.807, 2.05) is 37.3 Å². The van der Waals surface area contributed by atoms with Gasteiger partial charge >= 0.3 is 6.03 Å². The Kier molecular flexibility index (Phi) is 5.16. The number of carbonyl (C=O) groups is 1. The fourth-order valence-corrected chi connectivity index (χ4v) is 3.73. The Labute approximate surface area is 164 Å². The van der Waals surface area contributed by atoms with Gasteiger partial charge in [-0.2, -0.15) is 0 Å². The number of pyridine rings is 1. The number of anilines is 3. The number of urea groups is 1. The van der Waals surface area contributed by atoms with Gasteiger partial charge in [0, 0.05) is 37.3 Å². The quantitative estimate of drug-likeness (QED) is 0.636. The van der Waals surface area contributed by atoms with Crippen molar-refractivity contribution in [3.8, 4) is 0 Å². The maximum atomic E-state index is 12.4. The zero-order chi connectivity index (χ0) is 19.5. The number of para-hydroxylation sites is 1. The lowest BCUT2D eigenvalue weighted by Crippen LogP contribution is -2.37. The second-order valence-electron chi connectivity index (χ2n) is 7.11. The van der Waals surface area contributed by atoms with Gasteiger partial charge in [0.25, 0.3) is 0 Å². The summed E-state index contributed by atoms with van der Waals surface area (Å²) in [6.07, 6.45) is 5.85. The third kappa shape index (κ3) is 3.80. The molecule has 1 fully saturated rings. The number of aryl methyl sites for hydroxylation is 1. The largest absolute Gasteiger partial charge is 0.381 e. The van der Waals surface area contributed by atoms with Crippen LogP contribution in [0.5, 0.6) is 0 Å². The number of rotatable bonds is 4. The summed E-state index contributed by atoms with van der Waals surface area (Å²) in [4.78, 5) is 22.4. The molecule has 7 nitrogen and oxygen atoms in total. The van der Waals surface area contributed by atoms with Gasteiger partial charge in [0.1, 0.15) is 5.82 Å². The fraction of sp³-hybridized carbons (Fsp3) is 0.333. The van der Waals surface area contributed by atoms with Gasteiger partial charge in [-0.3, -0.25) is 0 Å². The molecule has 7 heteroatoms. The van der Waals surface area contributed by atoms with Gasteiger partial charge in [-0.1, -0.05) is 18.2 Å². The first-order valence-corrected chi connectivity index (χ1v) is 9.52. The number of benzene rings is 1. The van der Waals surface area contributed by atoms with Crippen LogP contribution in [0.4, 0.5) is 22.0 Å². The number of methoxy groups -OCH3 is 1. The van der Waals surface area contributed by atoms with Gasteiger partial charge in [-0.25, -0.2) is 9.78 Å². The first-order chi connectivity index (χ1) is 13.6. The van der Waals surface area contributed by atoms with Crippen LogP contribution in [0.25, 0.3) is 10.9 Å². The molecule has 3 heterocycles. The fourth-order valence-electron chi connectivity index (χ4n) is 3.73. The summed E-state index contributed by atoms with van der Waals surface area (Å²) in [7, 11) is 1.77. The topological polar surface area (TPSA) is 82.3 Å². The molecule has 1 saturated heterocycles. The van der Waals surface area contributed by atoms with Crippen LogP contribution in [0.1, 0.15) is 18.4 Å². The van der Waals surface area contributed by atoms with Crippen molar-refractivity contribution in [3.63, 3.8) is 0 Å². The molecule has 1 aliphatic rings. The predicted octanol–water partition coefficient (Wildman–Crippen LogP) is 4.13. The van der Waals surface area contributed by atoms with Crippen LogP contribution < -0.4 is 15.5 Å². The zero-order valence-corrected chi connectivity index (χ0v) is 16.2. The lowest BCUT2D eigenvalue weighted by molar-refractivity contribution is 0.0818. The highest BCUT2D eigenvalue weighted by atomic mass is 16.5. The molecule has 0 atom stereocenters.